The molecule has 1 unspecified atom stereocenters. The van der Waals surface area contributed by atoms with Gasteiger partial charge in [0.2, 0.25) is 0 Å². The number of nitrogens with two attached hydrogens (primary N) is 1. The van der Waals surface area contributed by atoms with Gasteiger partial charge in [0.25, 0.3) is 5.91 Å². The molecule has 26 heavy (non-hydrogen) atoms. The molecule has 0 saturated carbocycles. The van der Waals surface area contributed by atoms with E-state index in [1.54, 1.807) is 23.6 Å². The van der Waals surface area contributed by atoms with Crippen LogP contribution in [0.2, 0.25) is 0 Å². The molecular weight excluding hydrogens is 362 g/mol. The predicted octanol–water partition coefficient (Wildman–Crippen LogP) is 2.25. The van der Waals surface area contributed by atoms with Gasteiger partial charge in [0.05, 0.1) is 10.7 Å². The molecule has 0 bridgehead atoms. The molecule has 1 aromatic carbocycles. The van der Waals surface area contributed by atoms with Crippen LogP contribution in [0.25, 0.3) is 0 Å². The highest BCUT2D eigenvalue weighted by Gasteiger charge is 2.27. The summed E-state index contributed by atoms with van der Waals surface area (Å²) in [4.78, 5) is 18.5. The maximum atomic E-state index is 12.6. The summed E-state index contributed by atoms with van der Waals surface area (Å²) in [7, 11) is 0. The van der Waals surface area contributed by atoms with E-state index in [1.807, 2.05) is 4.90 Å². The third-order valence-electron chi connectivity index (χ3n) is 4.09. The minimum absolute atomic E-state index is 0.0817. The average molecular weight is 382 g/mol. The molecule has 1 aliphatic rings. The summed E-state index contributed by atoms with van der Waals surface area (Å²) in [5, 5.41) is 5.51. The summed E-state index contributed by atoms with van der Waals surface area (Å²) in [5.74, 6) is -0.0890. The summed E-state index contributed by atoms with van der Waals surface area (Å²) in [6, 6.07) is 6.59. The Morgan fingerprint density at radius 1 is 1.46 bits per heavy atom. The van der Waals surface area contributed by atoms with Crippen molar-refractivity contribution in [2.75, 3.05) is 24.5 Å². The molecule has 1 aliphatic heterocycles. The van der Waals surface area contributed by atoms with Crippen LogP contribution in [0.1, 0.15) is 21.9 Å². The van der Waals surface area contributed by atoms with Gasteiger partial charge < -0.3 is 20.7 Å². The van der Waals surface area contributed by atoms with Gasteiger partial charge in [-0.1, -0.05) is 12.1 Å². The molecule has 1 atom stereocenters. The number of benzene rings is 1. The third kappa shape index (κ3) is 4.47. The number of halogens is 2. The first-order valence-corrected chi connectivity index (χ1v) is 9.19. The van der Waals surface area contributed by atoms with Crippen molar-refractivity contribution in [1.29, 1.82) is 0 Å². The number of rotatable bonds is 7. The molecular formula is C17H20F2N4O2S. The fraction of sp³-hybridized carbons (Fsp3) is 0.412. The number of aromatic nitrogens is 1. The molecule has 2 heterocycles. The molecule has 1 fully saturated rings. The van der Waals surface area contributed by atoms with Crippen LogP contribution in [-0.4, -0.2) is 43.2 Å². The van der Waals surface area contributed by atoms with E-state index in [0.29, 0.717) is 43.9 Å². The van der Waals surface area contributed by atoms with Gasteiger partial charge in [-0.3, -0.25) is 4.79 Å². The SMILES string of the molecule is NCCc1nc(C(=O)NC2CCN(c3ccccc3OC(F)F)C2)cs1. The summed E-state index contributed by atoms with van der Waals surface area (Å²) in [6.07, 6.45) is 1.37. The van der Waals surface area contributed by atoms with Crippen molar-refractivity contribution in [3.63, 3.8) is 0 Å². The molecule has 6 nitrogen and oxygen atoms in total. The lowest BCUT2D eigenvalue weighted by Crippen LogP contribution is -2.37. The second kappa shape index (κ2) is 8.41. The summed E-state index contributed by atoms with van der Waals surface area (Å²) >= 11 is 1.42. The number of alkyl halides is 2. The smallest absolute Gasteiger partial charge is 0.387 e. The fourth-order valence-electron chi connectivity index (χ4n) is 2.92. The molecule has 140 valence electrons. The second-order valence-electron chi connectivity index (χ2n) is 5.92. The lowest BCUT2D eigenvalue weighted by molar-refractivity contribution is -0.0495. The minimum atomic E-state index is -2.87. The van der Waals surface area contributed by atoms with Gasteiger partial charge in [-0.15, -0.1) is 11.3 Å². The van der Waals surface area contributed by atoms with Crippen LogP contribution < -0.4 is 20.7 Å². The van der Waals surface area contributed by atoms with E-state index in [1.165, 1.54) is 17.4 Å². The Kier molecular flexibility index (Phi) is 6.00. The average Bonchev–Trinajstić information content (AvgIpc) is 3.25. The Bertz CT molecular complexity index is 756. The van der Waals surface area contributed by atoms with Crippen LogP contribution in [0, 0.1) is 0 Å². The number of ether oxygens (including phenoxy) is 1. The van der Waals surface area contributed by atoms with Gasteiger partial charge in [-0.2, -0.15) is 8.78 Å². The van der Waals surface area contributed by atoms with Gasteiger partial charge in [0.1, 0.15) is 11.4 Å². The van der Waals surface area contributed by atoms with E-state index in [2.05, 4.69) is 15.0 Å². The Balaban J connectivity index is 1.61. The zero-order chi connectivity index (χ0) is 18.5. The maximum absolute atomic E-state index is 12.6. The van der Waals surface area contributed by atoms with Gasteiger partial charge >= 0.3 is 6.61 Å². The lowest BCUT2D eigenvalue weighted by Gasteiger charge is -2.21. The van der Waals surface area contributed by atoms with Crippen molar-refractivity contribution in [2.45, 2.75) is 25.5 Å². The number of hydrogen-bond donors (Lipinski definition) is 2. The van der Waals surface area contributed by atoms with E-state index in [4.69, 9.17) is 5.73 Å². The molecule has 3 N–H and O–H groups in total. The number of nitrogens with one attached hydrogen (secondary N) is 1. The zero-order valence-electron chi connectivity index (χ0n) is 14.0. The van der Waals surface area contributed by atoms with Gasteiger partial charge in [-0.25, -0.2) is 4.98 Å². The molecule has 0 spiro atoms. The number of thiazole rings is 1. The van der Waals surface area contributed by atoms with Crippen molar-refractivity contribution in [3.8, 4) is 5.75 Å². The van der Waals surface area contributed by atoms with Crippen LogP contribution in [0.5, 0.6) is 5.75 Å². The van der Waals surface area contributed by atoms with E-state index >= 15 is 0 Å². The molecule has 1 aromatic heterocycles. The van der Waals surface area contributed by atoms with Gasteiger partial charge in [-0.05, 0) is 25.1 Å². The Morgan fingerprint density at radius 2 is 2.27 bits per heavy atom. The Labute approximate surface area is 154 Å². The second-order valence-corrected chi connectivity index (χ2v) is 6.86. The third-order valence-corrected chi connectivity index (χ3v) is 5.00. The molecule has 1 amide bonds. The summed E-state index contributed by atoms with van der Waals surface area (Å²) in [5.41, 5.74) is 6.48. The molecule has 0 radical (unpaired) electrons. The number of carbonyl (C=O) groups is 1. The number of anilines is 1. The number of amides is 1. The van der Waals surface area contributed by atoms with E-state index in [0.717, 1.165) is 5.01 Å². The van der Waals surface area contributed by atoms with E-state index in [9.17, 15) is 13.6 Å². The van der Waals surface area contributed by atoms with Gasteiger partial charge in [0, 0.05) is 30.9 Å². The first kappa shape index (κ1) is 18.5. The highest BCUT2D eigenvalue weighted by atomic mass is 32.1. The number of nitrogens with zero attached hydrogens (tertiary/aromatic N) is 2. The van der Waals surface area contributed by atoms with E-state index < -0.39 is 6.61 Å². The normalized spacial score (nSPS) is 16.9. The lowest BCUT2D eigenvalue weighted by atomic mass is 10.2. The molecule has 2 aromatic rings. The maximum Gasteiger partial charge on any atom is 0.387 e. The minimum Gasteiger partial charge on any atom is -0.433 e. The highest BCUT2D eigenvalue weighted by molar-refractivity contribution is 7.09. The van der Waals surface area contributed by atoms with Crippen LogP contribution >= 0.6 is 11.3 Å². The first-order chi connectivity index (χ1) is 12.6. The summed E-state index contributed by atoms with van der Waals surface area (Å²) < 4.78 is 29.7. The van der Waals surface area contributed by atoms with Crippen LogP contribution in [-0.2, 0) is 6.42 Å². The number of hydrogen-bond acceptors (Lipinski definition) is 6. The van der Waals surface area contributed by atoms with Crippen molar-refractivity contribution in [3.05, 3.63) is 40.3 Å². The molecule has 1 saturated heterocycles. The summed E-state index contributed by atoms with van der Waals surface area (Å²) in [6.45, 7) is -1.22. The first-order valence-electron chi connectivity index (χ1n) is 8.31. The molecule has 9 heteroatoms. The predicted molar refractivity (Wildman–Crippen MR) is 96.0 cm³/mol. The molecule has 3 rings (SSSR count). The Hall–Kier alpha value is -2.26. The van der Waals surface area contributed by atoms with Crippen molar-refractivity contribution in [2.24, 2.45) is 5.73 Å². The zero-order valence-corrected chi connectivity index (χ0v) is 14.8. The van der Waals surface area contributed by atoms with Crippen LogP contribution in [0.3, 0.4) is 0 Å². The highest BCUT2D eigenvalue weighted by Crippen LogP contribution is 2.31. The van der Waals surface area contributed by atoms with Crippen molar-refractivity contribution >= 4 is 22.9 Å². The van der Waals surface area contributed by atoms with Crippen molar-refractivity contribution < 1.29 is 18.3 Å². The monoisotopic (exact) mass is 382 g/mol. The van der Waals surface area contributed by atoms with Crippen LogP contribution in [0.4, 0.5) is 14.5 Å². The Morgan fingerprint density at radius 3 is 3.04 bits per heavy atom. The topological polar surface area (TPSA) is 80.5 Å². The number of para-hydroxylation sites is 2. The van der Waals surface area contributed by atoms with Crippen molar-refractivity contribution in [1.82, 2.24) is 10.3 Å². The molecule has 0 aliphatic carbocycles. The van der Waals surface area contributed by atoms with E-state index in [-0.39, 0.29) is 17.7 Å². The fourth-order valence-corrected chi connectivity index (χ4v) is 3.72. The number of carbonyl (C=O) groups excluding carboxylic acids is 1. The standard InChI is InChI=1S/C17H20F2N4O2S/c18-17(19)25-14-4-2-1-3-13(14)23-8-6-11(9-23)21-16(24)12-10-26-15(22-12)5-7-20/h1-4,10-11,17H,5-9,20H2,(H,21,24). The van der Waals surface area contributed by atoms with Gasteiger partial charge in [0.15, 0.2) is 0 Å². The largest absolute Gasteiger partial charge is 0.433 e. The quantitative estimate of drug-likeness (QED) is 0.768. The van der Waals surface area contributed by atoms with Crippen LogP contribution in [0.15, 0.2) is 29.6 Å².